The van der Waals surface area contributed by atoms with E-state index in [9.17, 15) is 5.11 Å². The first-order valence-corrected chi connectivity index (χ1v) is 17.4. The Kier molecular flexibility index (Phi) is 14.2. The fraction of sp³-hybridized carbons (Fsp3) is 0.900. The molecule has 0 aliphatic heterocycles. The van der Waals surface area contributed by atoms with Gasteiger partial charge in [0.25, 0.3) is 0 Å². The van der Waals surface area contributed by atoms with Crippen LogP contribution >= 0.6 is 0 Å². The van der Waals surface area contributed by atoms with E-state index in [4.69, 9.17) is 0 Å². The Morgan fingerprint density at radius 1 is 0.773 bits per heavy atom. The van der Waals surface area contributed by atoms with Crippen molar-refractivity contribution in [1.29, 1.82) is 0 Å². The van der Waals surface area contributed by atoms with Crippen LogP contribution in [0.1, 0.15) is 91.9 Å². The molecule has 0 aromatic rings. The fourth-order valence-corrected chi connectivity index (χ4v) is 19.7. The Balaban J connectivity index is 4.97. The van der Waals surface area contributed by atoms with Crippen molar-refractivity contribution in [3.63, 3.8) is 0 Å². The van der Waals surface area contributed by atoms with Gasteiger partial charge in [-0.15, -0.1) is 0 Å². The molecule has 0 heterocycles. The maximum absolute atomic E-state index is 10.7. The Labute approximate surface area is 144 Å². The van der Waals surface area contributed by atoms with Crippen LogP contribution in [0.25, 0.3) is 0 Å². The monoisotopic (exact) mass is 418 g/mol. The molecule has 0 amide bonds. The summed E-state index contributed by atoms with van der Waals surface area (Å²) in [5.41, 5.74) is 0. The van der Waals surface area contributed by atoms with Crippen LogP contribution in [0.15, 0.2) is 10.2 Å². The van der Waals surface area contributed by atoms with Gasteiger partial charge in [-0.25, -0.2) is 0 Å². The van der Waals surface area contributed by atoms with Crippen molar-refractivity contribution in [3.8, 4) is 0 Å². The minimum atomic E-state index is -2.41. The SMILES string of the molecule is C=[C](C(O)CCCCC)[Sn]([CH2]CCC)([CH2]CCC)[CH2]CCC. The van der Waals surface area contributed by atoms with Gasteiger partial charge in [0.15, 0.2) is 0 Å². The molecule has 0 radical (unpaired) electrons. The van der Waals surface area contributed by atoms with Crippen LogP contribution in [0.5, 0.6) is 0 Å². The molecule has 0 aromatic heterocycles. The molecular weight excluding hydrogens is 375 g/mol. The second-order valence-electron chi connectivity index (χ2n) is 7.13. The van der Waals surface area contributed by atoms with Crippen LogP contribution in [0.3, 0.4) is 0 Å². The van der Waals surface area contributed by atoms with Gasteiger partial charge >= 0.3 is 145 Å². The summed E-state index contributed by atoms with van der Waals surface area (Å²) in [6.45, 7) is 13.6. The Morgan fingerprint density at radius 3 is 1.55 bits per heavy atom. The van der Waals surface area contributed by atoms with Crippen molar-refractivity contribution >= 4 is 18.4 Å². The average molecular weight is 417 g/mol. The first-order chi connectivity index (χ1) is 10.6. The second-order valence-corrected chi connectivity index (χ2v) is 20.6. The van der Waals surface area contributed by atoms with Crippen molar-refractivity contribution in [1.82, 2.24) is 0 Å². The normalized spacial score (nSPS) is 13.3. The number of aliphatic hydroxyl groups excluding tert-OH is 1. The molecule has 1 N–H and O–H groups in total. The summed E-state index contributed by atoms with van der Waals surface area (Å²) in [7, 11) is 0. The number of aliphatic hydroxyl groups is 1. The zero-order chi connectivity index (χ0) is 16.8. The third kappa shape index (κ3) is 8.38. The predicted octanol–water partition coefficient (Wildman–Crippen LogP) is 6.87. The topological polar surface area (TPSA) is 20.2 Å². The summed E-state index contributed by atoms with van der Waals surface area (Å²) in [5.74, 6) is 0. The van der Waals surface area contributed by atoms with Gasteiger partial charge < -0.3 is 0 Å². The van der Waals surface area contributed by atoms with Crippen LogP contribution in [0.4, 0.5) is 0 Å². The van der Waals surface area contributed by atoms with Crippen LogP contribution in [0.2, 0.25) is 13.3 Å². The van der Waals surface area contributed by atoms with E-state index in [2.05, 4.69) is 34.3 Å². The first-order valence-electron chi connectivity index (χ1n) is 9.95. The molecule has 0 saturated heterocycles. The molecular formula is C20H42OSn. The van der Waals surface area contributed by atoms with E-state index in [-0.39, 0.29) is 6.10 Å². The summed E-state index contributed by atoms with van der Waals surface area (Å²) < 4.78 is 5.64. The Morgan fingerprint density at radius 2 is 1.18 bits per heavy atom. The second kappa shape index (κ2) is 13.9. The van der Waals surface area contributed by atoms with Crippen LogP contribution in [-0.2, 0) is 0 Å². The zero-order valence-electron chi connectivity index (χ0n) is 15.9. The number of hydrogen-bond donors (Lipinski definition) is 1. The van der Waals surface area contributed by atoms with Crippen LogP contribution in [-0.4, -0.2) is 29.6 Å². The van der Waals surface area contributed by atoms with Gasteiger partial charge in [-0.3, -0.25) is 0 Å². The molecule has 0 spiro atoms. The summed E-state index contributed by atoms with van der Waals surface area (Å²) in [6.07, 6.45) is 12.3. The number of rotatable bonds is 15. The molecule has 0 aliphatic rings. The molecule has 0 bridgehead atoms. The summed E-state index contributed by atoms with van der Waals surface area (Å²) in [6, 6.07) is 0. The molecule has 0 aromatic carbocycles. The fourth-order valence-electron chi connectivity index (χ4n) is 3.52. The van der Waals surface area contributed by atoms with E-state index < -0.39 is 18.4 Å². The first kappa shape index (κ1) is 22.5. The van der Waals surface area contributed by atoms with Crippen molar-refractivity contribution in [2.24, 2.45) is 0 Å². The van der Waals surface area contributed by atoms with Gasteiger partial charge in [0.2, 0.25) is 0 Å². The minimum absolute atomic E-state index is 0.201. The quantitative estimate of drug-likeness (QED) is 0.228. The van der Waals surface area contributed by atoms with Crippen molar-refractivity contribution < 1.29 is 5.11 Å². The van der Waals surface area contributed by atoms with E-state index in [1.807, 2.05) is 0 Å². The van der Waals surface area contributed by atoms with Gasteiger partial charge in [-0.1, -0.05) is 0 Å². The van der Waals surface area contributed by atoms with Crippen molar-refractivity contribution in [2.75, 3.05) is 0 Å². The van der Waals surface area contributed by atoms with Crippen molar-refractivity contribution in [2.45, 2.75) is 111 Å². The molecule has 0 fully saturated rings. The van der Waals surface area contributed by atoms with E-state index in [1.54, 1.807) is 0 Å². The standard InChI is InChI=1S/C8H15O.3C4H9.Sn/c1-3-5-6-7-8(9)4-2;3*1-3-4-2;/h8-9H,2-3,5-7H2,1H3;3*1,3-4H2,2H3;. The van der Waals surface area contributed by atoms with Crippen LogP contribution < -0.4 is 0 Å². The Hall–Kier alpha value is 0.499. The van der Waals surface area contributed by atoms with Gasteiger partial charge in [0.1, 0.15) is 0 Å². The molecule has 132 valence electrons. The van der Waals surface area contributed by atoms with E-state index in [0.717, 1.165) is 12.8 Å². The number of unbranched alkanes of at least 4 members (excludes halogenated alkanes) is 5. The molecule has 2 heteroatoms. The summed E-state index contributed by atoms with van der Waals surface area (Å²) in [5, 5.41) is 10.7. The van der Waals surface area contributed by atoms with E-state index in [1.165, 1.54) is 68.3 Å². The molecule has 0 saturated carbocycles. The summed E-state index contributed by atoms with van der Waals surface area (Å²) in [4.78, 5) is 0. The maximum atomic E-state index is 10.7. The third-order valence-corrected chi connectivity index (χ3v) is 21.3. The number of hydrogen-bond acceptors (Lipinski definition) is 1. The van der Waals surface area contributed by atoms with E-state index in [0.29, 0.717) is 0 Å². The predicted molar refractivity (Wildman–Crippen MR) is 104 cm³/mol. The van der Waals surface area contributed by atoms with Gasteiger partial charge in [0.05, 0.1) is 0 Å². The molecule has 1 nitrogen and oxygen atoms in total. The molecule has 0 rings (SSSR count). The van der Waals surface area contributed by atoms with Crippen molar-refractivity contribution in [3.05, 3.63) is 10.2 Å². The summed E-state index contributed by atoms with van der Waals surface area (Å²) >= 11 is -2.41. The van der Waals surface area contributed by atoms with E-state index >= 15 is 0 Å². The Bertz CT molecular complexity index is 253. The van der Waals surface area contributed by atoms with Gasteiger partial charge in [0, 0.05) is 0 Å². The van der Waals surface area contributed by atoms with Crippen LogP contribution in [0, 0.1) is 0 Å². The average Bonchev–Trinajstić information content (AvgIpc) is 2.54. The molecule has 0 aliphatic carbocycles. The molecule has 1 unspecified atom stereocenters. The third-order valence-electron chi connectivity index (χ3n) is 5.19. The van der Waals surface area contributed by atoms with Gasteiger partial charge in [-0.2, -0.15) is 0 Å². The molecule has 22 heavy (non-hydrogen) atoms. The zero-order valence-corrected chi connectivity index (χ0v) is 18.8. The molecule has 1 atom stereocenters. The van der Waals surface area contributed by atoms with Gasteiger partial charge in [-0.05, 0) is 0 Å².